The van der Waals surface area contributed by atoms with Crippen LogP contribution in [0.15, 0.2) is 66.9 Å². The van der Waals surface area contributed by atoms with Gasteiger partial charge in [0.05, 0.1) is 6.20 Å². The summed E-state index contributed by atoms with van der Waals surface area (Å²) in [6.45, 7) is 0. The van der Waals surface area contributed by atoms with Crippen LogP contribution in [0.5, 0.6) is 5.88 Å². The molecule has 1 N–H and O–H groups in total. The van der Waals surface area contributed by atoms with Crippen molar-refractivity contribution in [3.05, 3.63) is 77.2 Å². The van der Waals surface area contributed by atoms with E-state index in [9.17, 15) is 9.90 Å². The van der Waals surface area contributed by atoms with E-state index in [0.29, 0.717) is 5.56 Å². The predicted octanol–water partition coefficient (Wildman–Crippen LogP) is 3.40. The molecule has 2 aromatic carbocycles. The molecule has 0 aliphatic heterocycles. The molecule has 1 aromatic heterocycles. The molecule has 0 aliphatic carbocycles. The molecule has 0 spiro atoms. The van der Waals surface area contributed by atoms with Crippen molar-refractivity contribution in [3.8, 4) is 11.6 Å². The van der Waals surface area contributed by atoms with Crippen LogP contribution >= 0.6 is 12.2 Å². The molecule has 5 heteroatoms. The number of para-hydroxylation sites is 1. The Bertz CT molecular complexity index is 836. The molecule has 3 aromatic rings. The third-order valence-electron chi connectivity index (χ3n) is 3.13. The van der Waals surface area contributed by atoms with Crippen LogP contribution in [0.2, 0.25) is 0 Å². The number of rotatable bonds is 2. The quantitative estimate of drug-likeness (QED) is 0.737. The topological polar surface area (TPSA) is 47.2 Å². The first-order valence-corrected chi connectivity index (χ1v) is 6.78. The lowest BCUT2D eigenvalue weighted by molar-refractivity contribution is 0.0949. The third-order valence-corrected chi connectivity index (χ3v) is 3.51. The summed E-state index contributed by atoms with van der Waals surface area (Å²) in [6, 6.07) is 18.1. The molecule has 0 atom stereocenters. The van der Waals surface area contributed by atoms with E-state index < -0.39 is 0 Å². The van der Waals surface area contributed by atoms with Crippen LogP contribution in [0.25, 0.3) is 5.69 Å². The Balaban J connectivity index is 2.12. The van der Waals surface area contributed by atoms with E-state index >= 15 is 0 Å². The standard InChI is InChI=1S/C16H12N2O2S/c19-14-11-17(13-9-5-2-6-10-13)16(21)18(14)15(20)12-7-3-1-4-8-12/h1-11,19H. The van der Waals surface area contributed by atoms with E-state index in [2.05, 4.69) is 0 Å². The van der Waals surface area contributed by atoms with Gasteiger partial charge < -0.3 is 5.11 Å². The van der Waals surface area contributed by atoms with Crippen molar-refractivity contribution in [2.45, 2.75) is 0 Å². The number of carbonyl (C=O) groups excluding carboxylic acids is 1. The highest BCUT2D eigenvalue weighted by molar-refractivity contribution is 7.71. The second-order valence-electron chi connectivity index (χ2n) is 4.48. The Kier molecular flexibility index (Phi) is 3.41. The molecule has 3 rings (SSSR count). The summed E-state index contributed by atoms with van der Waals surface area (Å²) < 4.78 is 2.95. The second kappa shape index (κ2) is 5.38. The predicted molar refractivity (Wildman–Crippen MR) is 82.4 cm³/mol. The fraction of sp³-hybridized carbons (Fsp3) is 0. The first-order chi connectivity index (χ1) is 10.2. The minimum Gasteiger partial charge on any atom is -0.493 e. The number of hydrogen-bond acceptors (Lipinski definition) is 3. The lowest BCUT2D eigenvalue weighted by Gasteiger charge is -2.04. The van der Waals surface area contributed by atoms with Gasteiger partial charge in [0.1, 0.15) is 0 Å². The maximum atomic E-state index is 12.5. The minimum absolute atomic E-state index is 0.183. The Morgan fingerprint density at radius 3 is 2.14 bits per heavy atom. The molecule has 4 nitrogen and oxygen atoms in total. The van der Waals surface area contributed by atoms with Crippen molar-refractivity contribution in [1.82, 2.24) is 9.13 Å². The highest BCUT2D eigenvalue weighted by Gasteiger charge is 2.16. The summed E-state index contributed by atoms with van der Waals surface area (Å²) in [5, 5.41) is 10.1. The van der Waals surface area contributed by atoms with Crippen LogP contribution < -0.4 is 0 Å². The smallest absolute Gasteiger partial charge is 0.267 e. The van der Waals surface area contributed by atoms with Gasteiger partial charge in [-0.3, -0.25) is 9.36 Å². The third kappa shape index (κ3) is 2.39. The van der Waals surface area contributed by atoms with Crippen molar-refractivity contribution < 1.29 is 9.90 Å². The van der Waals surface area contributed by atoms with Gasteiger partial charge in [0.25, 0.3) is 5.91 Å². The molecule has 0 saturated heterocycles. The monoisotopic (exact) mass is 296 g/mol. The van der Waals surface area contributed by atoms with Gasteiger partial charge in [0.15, 0.2) is 4.77 Å². The Hall–Kier alpha value is -2.66. The first kappa shape index (κ1) is 13.3. The van der Waals surface area contributed by atoms with Crippen molar-refractivity contribution >= 4 is 18.1 Å². The SMILES string of the molecule is O=C(c1ccccc1)n1c(O)cn(-c2ccccc2)c1=S. The fourth-order valence-electron chi connectivity index (χ4n) is 2.11. The van der Waals surface area contributed by atoms with E-state index in [0.717, 1.165) is 10.3 Å². The Labute approximate surface area is 126 Å². The molecule has 0 fully saturated rings. The van der Waals surface area contributed by atoms with Crippen LogP contribution in [0, 0.1) is 4.77 Å². The largest absolute Gasteiger partial charge is 0.493 e. The molecule has 0 aliphatic rings. The molecular weight excluding hydrogens is 284 g/mol. The Morgan fingerprint density at radius 1 is 0.952 bits per heavy atom. The van der Waals surface area contributed by atoms with E-state index in [-0.39, 0.29) is 16.6 Å². The van der Waals surface area contributed by atoms with E-state index in [1.807, 2.05) is 36.4 Å². The van der Waals surface area contributed by atoms with Gasteiger partial charge in [0, 0.05) is 11.3 Å². The van der Waals surface area contributed by atoms with Gasteiger partial charge >= 0.3 is 0 Å². The van der Waals surface area contributed by atoms with E-state index in [4.69, 9.17) is 12.2 Å². The molecule has 1 heterocycles. The highest BCUT2D eigenvalue weighted by atomic mass is 32.1. The van der Waals surface area contributed by atoms with Gasteiger partial charge in [-0.15, -0.1) is 0 Å². The van der Waals surface area contributed by atoms with Gasteiger partial charge in [-0.25, -0.2) is 4.57 Å². The summed E-state index contributed by atoms with van der Waals surface area (Å²) in [5.74, 6) is -0.537. The number of aromatic nitrogens is 2. The number of nitrogens with zero attached hydrogens (tertiary/aromatic N) is 2. The van der Waals surface area contributed by atoms with E-state index in [1.165, 1.54) is 6.20 Å². The first-order valence-electron chi connectivity index (χ1n) is 6.37. The van der Waals surface area contributed by atoms with Crippen molar-refractivity contribution in [1.29, 1.82) is 0 Å². The second-order valence-corrected chi connectivity index (χ2v) is 4.85. The maximum Gasteiger partial charge on any atom is 0.267 e. The van der Waals surface area contributed by atoms with Crippen molar-refractivity contribution in [2.24, 2.45) is 0 Å². The van der Waals surface area contributed by atoms with Crippen LogP contribution in [0.1, 0.15) is 10.4 Å². The molecule has 104 valence electrons. The summed E-state index contributed by atoms with van der Waals surface area (Å²) in [7, 11) is 0. The van der Waals surface area contributed by atoms with Gasteiger partial charge in [-0.05, 0) is 36.5 Å². The lowest BCUT2D eigenvalue weighted by Crippen LogP contribution is -2.12. The summed E-state index contributed by atoms with van der Waals surface area (Å²) in [5.41, 5.74) is 1.26. The molecule has 0 bridgehead atoms. The zero-order chi connectivity index (χ0) is 14.8. The number of benzene rings is 2. The fourth-order valence-corrected chi connectivity index (χ4v) is 2.44. The summed E-state index contributed by atoms with van der Waals surface area (Å²) >= 11 is 5.32. The zero-order valence-electron chi connectivity index (χ0n) is 11.0. The molecule has 0 radical (unpaired) electrons. The number of imidazole rings is 1. The van der Waals surface area contributed by atoms with Crippen LogP contribution in [0.4, 0.5) is 0 Å². The normalized spacial score (nSPS) is 10.5. The maximum absolute atomic E-state index is 12.5. The lowest BCUT2D eigenvalue weighted by atomic mass is 10.2. The minimum atomic E-state index is -0.354. The van der Waals surface area contributed by atoms with Crippen LogP contribution in [-0.2, 0) is 0 Å². The van der Waals surface area contributed by atoms with E-state index in [1.54, 1.807) is 28.8 Å². The Morgan fingerprint density at radius 2 is 1.52 bits per heavy atom. The van der Waals surface area contributed by atoms with Crippen molar-refractivity contribution in [3.63, 3.8) is 0 Å². The van der Waals surface area contributed by atoms with Crippen LogP contribution in [0.3, 0.4) is 0 Å². The van der Waals surface area contributed by atoms with Gasteiger partial charge in [-0.2, -0.15) is 0 Å². The van der Waals surface area contributed by atoms with Gasteiger partial charge in [0.2, 0.25) is 5.88 Å². The average Bonchev–Trinajstić information content (AvgIpc) is 2.83. The van der Waals surface area contributed by atoms with Gasteiger partial charge in [-0.1, -0.05) is 36.4 Å². The molecule has 0 unspecified atom stereocenters. The molecule has 21 heavy (non-hydrogen) atoms. The number of hydrogen-bond donors (Lipinski definition) is 1. The molecule has 0 saturated carbocycles. The van der Waals surface area contributed by atoms with Crippen molar-refractivity contribution in [2.75, 3.05) is 0 Å². The summed E-state index contributed by atoms with van der Waals surface area (Å²) in [4.78, 5) is 12.5. The molecule has 0 amide bonds. The zero-order valence-corrected chi connectivity index (χ0v) is 11.8. The van der Waals surface area contributed by atoms with Crippen LogP contribution in [-0.4, -0.2) is 20.1 Å². The summed E-state index contributed by atoms with van der Waals surface area (Å²) in [6.07, 6.45) is 1.44. The highest BCUT2D eigenvalue weighted by Crippen LogP contribution is 2.19. The average molecular weight is 296 g/mol. The number of aromatic hydroxyl groups is 1. The number of carbonyl (C=O) groups is 1. The molecular formula is C16H12N2O2S.